The van der Waals surface area contributed by atoms with Crippen molar-refractivity contribution in [2.45, 2.75) is 20.0 Å². The van der Waals surface area contributed by atoms with Crippen molar-refractivity contribution >= 4 is 40.2 Å². The fourth-order valence-electron chi connectivity index (χ4n) is 2.54. The van der Waals surface area contributed by atoms with Gasteiger partial charge in [0, 0.05) is 5.02 Å². The minimum absolute atomic E-state index is 0.114. The molecule has 0 spiro atoms. The van der Waals surface area contributed by atoms with Gasteiger partial charge in [-0.2, -0.15) is 0 Å². The average Bonchev–Trinajstić information content (AvgIpc) is 2.67. The highest BCUT2D eigenvalue weighted by Crippen LogP contribution is 2.24. The first-order valence-corrected chi connectivity index (χ1v) is 9.01. The van der Waals surface area contributed by atoms with Gasteiger partial charge in [-0.3, -0.25) is 0 Å². The van der Waals surface area contributed by atoms with E-state index in [-0.39, 0.29) is 5.95 Å². The van der Waals surface area contributed by atoms with E-state index < -0.39 is 12.1 Å². The summed E-state index contributed by atoms with van der Waals surface area (Å²) in [6.45, 7) is 3.65. The molecule has 0 aliphatic heterocycles. The summed E-state index contributed by atoms with van der Waals surface area (Å²) in [5.74, 6) is 0.193. The monoisotopic (exact) mass is 402 g/mol. The second kappa shape index (κ2) is 8.26. The van der Waals surface area contributed by atoms with E-state index in [0.29, 0.717) is 38.9 Å². The fraction of sp³-hybridized carbons (Fsp3) is 0.263. The summed E-state index contributed by atoms with van der Waals surface area (Å²) < 4.78 is 10.5. The van der Waals surface area contributed by atoms with Gasteiger partial charge in [-0.15, -0.1) is 9.94 Å². The fourth-order valence-corrected chi connectivity index (χ4v) is 2.71. The van der Waals surface area contributed by atoms with Crippen LogP contribution in [0.25, 0.3) is 11.0 Å². The molecule has 1 heterocycles. The molecule has 2 aromatic carbocycles. The molecular weight excluding hydrogens is 384 g/mol. The van der Waals surface area contributed by atoms with E-state index in [9.17, 15) is 10.0 Å². The normalized spacial score (nSPS) is 11.9. The zero-order valence-corrected chi connectivity index (χ0v) is 16.4. The number of carbonyl (C=O) groups is 1. The molecule has 28 heavy (non-hydrogen) atoms. The van der Waals surface area contributed by atoms with E-state index in [1.807, 2.05) is 0 Å². The second-order valence-electron chi connectivity index (χ2n) is 5.98. The minimum Gasteiger partial charge on any atom is -0.722 e. The third kappa shape index (κ3) is 4.23. The maximum Gasteiger partial charge on any atom is 0.419 e. The van der Waals surface area contributed by atoms with Gasteiger partial charge in [0.15, 0.2) is 11.6 Å². The summed E-state index contributed by atoms with van der Waals surface area (Å²) in [6, 6.07) is 11.9. The Balaban J connectivity index is 1.80. The topological polar surface area (TPSA) is 91.5 Å². The number of aromatic nitrogens is 3. The SMILES string of the molecule is CCOC(=O)C(C)Oc1ccc(N(C)c2nc3ccc(Cl)cc3n[n+]2[O-])cc1. The van der Waals surface area contributed by atoms with Crippen LogP contribution < -0.4 is 14.5 Å². The number of halogens is 1. The third-order valence-electron chi connectivity index (χ3n) is 3.98. The lowest BCUT2D eigenvalue weighted by molar-refractivity contribution is -0.656. The first-order valence-electron chi connectivity index (χ1n) is 8.63. The number of ether oxygens (including phenoxy) is 2. The summed E-state index contributed by atoms with van der Waals surface area (Å²) >= 11 is 5.93. The van der Waals surface area contributed by atoms with E-state index in [2.05, 4.69) is 10.1 Å². The molecule has 0 N–H and O–H groups in total. The molecule has 0 saturated carbocycles. The minimum atomic E-state index is -0.717. The van der Waals surface area contributed by atoms with E-state index >= 15 is 0 Å². The summed E-state index contributed by atoms with van der Waals surface area (Å²) in [4.78, 5) is 18.1. The molecule has 1 aromatic heterocycles. The van der Waals surface area contributed by atoms with Crippen molar-refractivity contribution in [1.82, 2.24) is 10.1 Å². The van der Waals surface area contributed by atoms with Crippen molar-refractivity contribution in [1.29, 1.82) is 0 Å². The quantitative estimate of drug-likeness (QED) is 0.355. The Bertz CT molecular complexity index is 997. The summed E-state index contributed by atoms with van der Waals surface area (Å²) in [5.41, 5.74) is 1.67. The number of carbonyl (C=O) groups excluding carboxylic acids is 1. The number of fused-ring (bicyclic) bond motifs is 1. The van der Waals surface area contributed by atoms with Crippen molar-refractivity contribution in [3.05, 3.63) is 52.7 Å². The largest absolute Gasteiger partial charge is 0.722 e. The van der Waals surface area contributed by atoms with Crippen molar-refractivity contribution in [2.24, 2.45) is 0 Å². The van der Waals surface area contributed by atoms with Gasteiger partial charge in [0.05, 0.1) is 13.7 Å². The van der Waals surface area contributed by atoms with E-state index in [0.717, 1.165) is 0 Å². The van der Waals surface area contributed by atoms with Gasteiger partial charge < -0.3 is 14.7 Å². The molecule has 3 aromatic rings. The Labute approximate surface area is 166 Å². The van der Waals surface area contributed by atoms with Gasteiger partial charge in [-0.1, -0.05) is 16.6 Å². The van der Waals surface area contributed by atoms with E-state index in [1.165, 1.54) is 0 Å². The van der Waals surface area contributed by atoms with Gasteiger partial charge in [-0.05, 0) is 56.3 Å². The maximum atomic E-state index is 12.3. The maximum absolute atomic E-state index is 12.3. The van der Waals surface area contributed by atoms with E-state index in [4.69, 9.17) is 21.1 Å². The Kier molecular flexibility index (Phi) is 5.79. The van der Waals surface area contributed by atoms with Crippen molar-refractivity contribution in [2.75, 3.05) is 18.6 Å². The molecule has 146 valence electrons. The van der Waals surface area contributed by atoms with Gasteiger partial charge in [0.25, 0.3) is 0 Å². The van der Waals surface area contributed by atoms with Crippen LogP contribution >= 0.6 is 11.6 Å². The van der Waals surface area contributed by atoms with Crippen LogP contribution in [0.15, 0.2) is 42.5 Å². The standard InChI is InChI=1S/C19H19ClN4O4/c1-4-27-18(25)12(2)28-15-8-6-14(7-9-15)23(3)19-21-16-10-5-13(20)11-17(16)22-24(19)26/h5-12H,4H2,1-3H3. The number of benzene rings is 2. The number of hydrogen-bond acceptors (Lipinski definition) is 7. The van der Waals surface area contributed by atoms with Crippen LogP contribution in [-0.2, 0) is 9.53 Å². The lowest BCUT2D eigenvalue weighted by Crippen LogP contribution is -2.39. The number of rotatable bonds is 6. The molecule has 0 bridgehead atoms. The summed E-state index contributed by atoms with van der Waals surface area (Å²) in [5, 5.41) is 16.7. The average molecular weight is 403 g/mol. The Hall–Kier alpha value is -3.13. The molecule has 8 nitrogen and oxygen atoms in total. The predicted molar refractivity (Wildman–Crippen MR) is 105 cm³/mol. The highest BCUT2D eigenvalue weighted by molar-refractivity contribution is 6.31. The number of anilines is 2. The lowest BCUT2D eigenvalue weighted by atomic mass is 10.3. The third-order valence-corrected chi connectivity index (χ3v) is 4.22. The first kappa shape index (κ1) is 19.6. The van der Waals surface area contributed by atoms with Crippen molar-refractivity contribution in [3.8, 4) is 5.75 Å². The second-order valence-corrected chi connectivity index (χ2v) is 6.42. The summed E-state index contributed by atoms with van der Waals surface area (Å²) in [6.07, 6.45) is -0.717. The van der Waals surface area contributed by atoms with Crippen LogP contribution in [0.1, 0.15) is 13.8 Å². The molecule has 9 heteroatoms. The first-order chi connectivity index (χ1) is 13.4. The molecule has 0 aliphatic carbocycles. The van der Waals surface area contributed by atoms with Crippen LogP contribution in [0.4, 0.5) is 11.6 Å². The molecule has 1 atom stereocenters. The molecular formula is C19H19ClN4O4. The number of hydrogen-bond donors (Lipinski definition) is 0. The highest BCUT2D eigenvalue weighted by Gasteiger charge is 2.20. The lowest BCUT2D eigenvalue weighted by Gasteiger charge is -2.16. The number of nitrogens with zero attached hydrogens (tertiary/aromatic N) is 4. The Morgan fingerprint density at radius 2 is 1.96 bits per heavy atom. The van der Waals surface area contributed by atoms with Crippen LogP contribution in [0.3, 0.4) is 0 Å². The summed E-state index contributed by atoms with van der Waals surface area (Å²) in [7, 11) is 1.71. The van der Waals surface area contributed by atoms with Crippen LogP contribution in [0.5, 0.6) is 5.75 Å². The van der Waals surface area contributed by atoms with E-state index in [1.54, 1.807) is 68.3 Å². The molecule has 0 saturated heterocycles. The van der Waals surface area contributed by atoms with Gasteiger partial charge >= 0.3 is 11.9 Å². The molecule has 1 unspecified atom stereocenters. The Morgan fingerprint density at radius 1 is 1.25 bits per heavy atom. The smallest absolute Gasteiger partial charge is 0.419 e. The van der Waals surface area contributed by atoms with Gasteiger partial charge in [0.1, 0.15) is 17.0 Å². The predicted octanol–water partition coefficient (Wildman–Crippen LogP) is 3.01. The van der Waals surface area contributed by atoms with Crippen molar-refractivity contribution in [3.63, 3.8) is 0 Å². The number of esters is 1. The van der Waals surface area contributed by atoms with Gasteiger partial charge in [0.2, 0.25) is 0 Å². The van der Waals surface area contributed by atoms with Crippen LogP contribution in [0.2, 0.25) is 5.02 Å². The highest BCUT2D eigenvalue weighted by atomic mass is 35.5. The molecule has 0 fully saturated rings. The molecule has 0 amide bonds. The van der Waals surface area contributed by atoms with Crippen molar-refractivity contribution < 1.29 is 19.1 Å². The molecule has 0 radical (unpaired) electrons. The van der Waals surface area contributed by atoms with Gasteiger partial charge in [-0.25, -0.2) is 9.69 Å². The van der Waals surface area contributed by atoms with Crippen LogP contribution in [-0.4, -0.2) is 35.8 Å². The zero-order chi connectivity index (χ0) is 20.3. The Morgan fingerprint density at radius 3 is 2.64 bits per heavy atom. The zero-order valence-electron chi connectivity index (χ0n) is 15.6. The molecule has 3 rings (SSSR count). The molecule has 0 aliphatic rings. The van der Waals surface area contributed by atoms with Crippen LogP contribution in [0, 0.1) is 5.21 Å².